The first-order valence-electron chi connectivity index (χ1n) is 11.5. The molecule has 7 nitrogen and oxygen atoms in total. The summed E-state index contributed by atoms with van der Waals surface area (Å²) in [5.74, 6) is 0. The molecule has 176 valence electrons. The summed E-state index contributed by atoms with van der Waals surface area (Å²) in [5.41, 5.74) is 0. The monoisotopic (exact) mass is 457 g/mol. The Kier molecular flexibility index (Phi) is 18.1. The lowest BCUT2D eigenvalue weighted by molar-refractivity contribution is 0.273. The summed E-state index contributed by atoms with van der Waals surface area (Å²) >= 11 is 0. The molecule has 0 aromatic carbocycles. The molecule has 0 saturated carbocycles. The van der Waals surface area contributed by atoms with E-state index in [1.807, 2.05) is 0 Å². The van der Waals surface area contributed by atoms with Gasteiger partial charge in [0.1, 0.15) is 12.6 Å². The summed E-state index contributed by atoms with van der Waals surface area (Å²) in [5, 5.41) is 0. The van der Waals surface area contributed by atoms with Crippen LogP contribution < -0.4 is 0 Å². The van der Waals surface area contributed by atoms with Gasteiger partial charge in [0.25, 0.3) is 0 Å². The topological polar surface area (TPSA) is 118 Å². The van der Waals surface area contributed by atoms with E-state index in [4.69, 9.17) is 19.6 Å². The van der Waals surface area contributed by atoms with Gasteiger partial charge in [0.2, 0.25) is 0 Å². The first kappa shape index (κ1) is 29.3. The quantitative estimate of drug-likeness (QED) is 0.127. The molecule has 0 spiro atoms. The van der Waals surface area contributed by atoms with Gasteiger partial charge in [-0.25, -0.2) is 0 Å². The number of nitrogens with zero attached hydrogens (tertiary/aromatic N) is 1. The van der Waals surface area contributed by atoms with Gasteiger partial charge in [0.05, 0.1) is 0 Å². The summed E-state index contributed by atoms with van der Waals surface area (Å²) in [6.07, 6.45) is 18.7. The van der Waals surface area contributed by atoms with Crippen LogP contribution in [0.2, 0.25) is 0 Å². The summed E-state index contributed by atoms with van der Waals surface area (Å²) in [6.45, 7) is 2.55. The predicted octanol–water partition coefficient (Wildman–Crippen LogP) is 5.82. The molecule has 0 aromatic rings. The van der Waals surface area contributed by atoms with E-state index in [9.17, 15) is 9.13 Å². The number of unbranched alkanes of at least 4 members (excludes halogenated alkanes) is 15. The Balaban J connectivity index is 3.52. The van der Waals surface area contributed by atoms with E-state index >= 15 is 0 Å². The van der Waals surface area contributed by atoms with Gasteiger partial charge in [-0.3, -0.25) is 14.0 Å². The van der Waals surface area contributed by atoms with E-state index in [0.29, 0.717) is 13.0 Å². The fraction of sp³-hybridized carbons (Fsp3) is 1.00. The van der Waals surface area contributed by atoms with Gasteiger partial charge in [0.15, 0.2) is 0 Å². The number of hydrogen-bond acceptors (Lipinski definition) is 3. The first-order valence-corrected chi connectivity index (χ1v) is 15.0. The third-order valence-electron chi connectivity index (χ3n) is 5.10. The van der Waals surface area contributed by atoms with Gasteiger partial charge in [-0.2, -0.15) is 0 Å². The van der Waals surface area contributed by atoms with Crippen molar-refractivity contribution < 1.29 is 28.7 Å². The molecule has 0 saturated heterocycles. The third kappa shape index (κ3) is 24.4. The first-order chi connectivity index (χ1) is 13.6. The SMILES string of the molecule is CCCCCCCCCCCCCCCCCCN(CP(=O)(O)O)CP(=O)(O)O. The molecule has 0 aliphatic carbocycles. The second kappa shape index (κ2) is 17.9. The van der Waals surface area contributed by atoms with Crippen LogP contribution in [0.5, 0.6) is 0 Å². The highest BCUT2D eigenvalue weighted by molar-refractivity contribution is 7.52. The summed E-state index contributed by atoms with van der Waals surface area (Å²) < 4.78 is 22.2. The zero-order valence-electron chi connectivity index (χ0n) is 18.4. The van der Waals surface area contributed by atoms with Crippen LogP contribution in [-0.2, 0) is 9.13 Å². The van der Waals surface area contributed by atoms with Crippen LogP contribution in [0.15, 0.2) is 0 Å². The van der Waals surface area contributed by atoms with E-state index < -0.39 is 27.8 Å². The molecule has 29 heavy (non-hydrogen) atoms. The Morgan fingerprint density at radius 1 is 0.517 bits per heavy atom. The second-order valence-corrected chi connectivity index (χ2v) is 11.5. The van der Waals surface area contributed by atoms with Crippen LogP contribution in [0.25, 0.3) is 0 Å². The molecule has 0 amide bonds. The lowest BCUT2D eigenvalue weighted by Gasteiger charge is -2.22. The standard InChI is InChI=1S/C20H45NO6P2/c1-2-3-4-5-6-7-8-9-10-11-12-13-14-15-16-17-18-21(19-28(22,23)24)20-29(25,26)27/h2-20H2,1H3,(H2,22,23,24)(H2,25,26,27). The van der Waals surface area contributed by atoms with E-state index in [0.717, 1.165) is 19.3 Å². The van der Waals surface area contributed by atoms with Crippen molar-refractivity contribution in [2.24, 2.45) is 0 Å². The minimum atomic E-state index is -4.32. The summed E-state index contributed by atoms with van der Waals surface area (Å²) in [4.78, 5) is 37.3. The van der Waals surface area contributed by atoms with Crippen molar-refractivity contribution in [3.63, 3.8) is 0 Å². The van der Waals surface area contributed by atoms with E-state index in [-0.39, 0.29) is 0 Å². The molecule has 0 heterocycles. The lowest BCUT2D eigenvalue weighted by atomic mass is 10.0. The minimum Gasteiger partial charge on any atom is -0.324 e. The molecule has 4 N–H and O–H groups in total. The Morgan fingerprint density at radius 2 is 0.793 bits per heavy atom. The van der Waals surface area contributed by atoms with Crippen molar-refractivity contribution in [1.29, 1.82) is 0 Å². The molecular formula is C20H45NO6P2. The molecule has 0 aliphatic rings. The molecule has 9 heteroatoms. The zero-order valence-corrected chi connectivity index (χ0v) is 20.2. The average molecular weight is 458 g/mol. The van der Waals surface area contributed by atoms with Crippen molar-refractivity contribution >= 4 is 15.2 Å². The largest absolute Gasteiger partial charge is 0.339 e. The molecule has 0 unspecified atom stereocenters. The number of rotatable bonds is 21. The molecule has 0 atom stereocenters. The van der Waals surface area contributed by atoms with Gasteiger partial charge >= 0.3 is 15.2 Å². The fourth-order valence-electron chi connectivity index (χ4n) is 3.59. The highest BCUT2D eigenvalue weighted by Crippen LogP contribution is 2.40. The normalized spacial score (nSPS) is 12.8. The Bertz CT molecular complexity index is 442. The van der Waals surface area contributed by atoms with Crippen molar-refractivity contribution in [3.05, 3.63) is 0 Å². The van der Waals surface area contributed by atoms with Gasteiger partial charge < -0.3 is 19.6 Å². The highest BCUT2D eigenvalue weighted by atomic mass is 31.2. The van der Waals surface area contributed by atoms with Crippen LogP contribution >= 0.6 is 15.2 Å². The van der Waals surface area contributed by atoms with Gasteiger partial charge in [0, 0.05) is 0 Å². The van der Waals surface area contributed by atoms with Crippen molar-refractivity contribution in [1.82, 2.24) is 4.90 Å². The van der Waals surface area contributed by atoms with E-state index in [2.05, 4.69) is 6.92 Å². The van der Waals surface area contributed by atoms with Gasteiger partial charge in [-0.05, 0) is 13.0 Å². The van der Waals surface area contributed by atoms with Crippen LogP contribution in [-0.4, -0.2) is 43.6 Å². The molecule has 0 aromatic heterocycles. The molecule has 0 bridgehead atoms. The zero-order chi connectivity index (χ0) is 22.0. The Labute approximate surface area is 178 Å². The van der Waals surface area contributed by atoms with Crippen molar-refractivity contribution in [2.75, 3.05) is 19.1 Å². The molecular weight excluding hydrogens is 412 g/mol. The Hall–Kier alpha value is 0.260. The highest BCUT2D eigenvalue weighted by Gasteiger charge is 2.25. The van der Waals surface area contributed by atoms with E-state index in [1.165, 1.54) is 81.9 Å². The molecule has 0 rings (SSSR count). The lowest BCUT2D eigenvalue weighted by Crippen LogP contribution is -2.27. The third-order valence-corrected chi connectivity index (χ3v) is 6.63. The maximum atomic E-state index is 11.1. The second-order valence-electron chi connectivity index (χ2n) is 8.31. The maximum Gasteiger partial charge on any atom is 0.339 e. The fourth-order valence-corrected chi connectivity index (χ4v) is 5.27. The maximum absolute atomic E-state index is 11.1. The van der Waals surface area contributed by atoms with Crippen LogP contribution in [0, 0.1) is 0 Å². The predicted molar refractivity (Wildman–Crippen MR) is 120 cm³/mol. The van der Waals surface area contributed by atoms with Crippen molar-refractivity contribution in [2.45, 2.75) is 110 Å². The van der Waals surface area contributed by atoms with E-state index in [1.54, 1.807) is 0 Å². The van der Waals surface area contributed by atoms with Crippen LogP contribution in [0.4, 0.5) is 0 Å². The van der Waals surface area contributed by atoms with Crippen molar-refractivity contribution in [3.8, 4) is 0 Å². The summed E-state index contributed by atoms with van der Waals surface area (Å²) in [7, 11) is -8.63. The minimum absolute atomic E-state index is 0.300. The molecule has 0 radical (unpaired) electrons. The number of hydrogen-bond donors (Lipinski definition) is 4. The van der Waals surface area contributed by atoms with Crippen LogP contribution in [0.3, 0.4) is 0 Å². The van der Waals surface area contributed by atoms with Gasteiger partial charge in [-0.1, -0.05) is 103 Å². The smallest absolute Gasteiger partial charge is 0.324 e. The van der Waals surface area contributed by atoms with Crippen LogP contribution in [0.1, 0.15) is 110 Å². The molecule has 0 aliphatic heterocycles. The van der Waals surface area contributed by atoms with Gasteiger partial charge in [-0.15, -0.1) is 0 Å². The summed E-state index contributed by atoms with van der Waals surface area (Å²) in [6, 6.07) is 0. The molecule has 0 fully saturated rings. The Morgan fingerprint density at radius 3 is 1.07 bits per heavy atom. The average Bonchev–Trinajstić information content (AvgIpc) is 2.58.